The van der Waals surface area contributed by atoms with E-state index in [0.717, 1.165) is 44.2 Å². The third-order valence-corrected chi connectivity index (χ3v) is 4.84. The van der Waals surface area contributed by atoms with E-state index in [4.69, 9.17) is 9.47 Å². The number of ether oxygens (including phenoxy) is 2. The minimum Gasteiger partial charge on any atom is -0.497 e. The van der Waals surface area contributed by atoms with Crippen LogP contribution in [-0.2, 0) is 11.3 Å². The Labute approximate surface area is 158 Å². The maximum absolute atomic E-state index is 5.97. The lowest BCUT2D eigenvalue weighted by Gasteiger charge is -2.21. The Morgan fingerprint density at radius 3 is 2.73 bits per heavy atom. The molecule has 0 radical (unpaired) electrons. The third kappa shape index (κ3) is 8.09. The number of guanidine groups is 1. The van der Waals surface area contributed by atoms with Gasteiger partial charge in [-0.25, -0.2) is 0 Å². The Balaban J connectivity index is 1.51. The number of nitrogens with one attached hydrogen (secondary N) is 2. The second kappa shape index (κ2) is 12.6. The molecule has 0 spiro atoms. The molecule has 1 saturated carbocycles. The highest BCUT2D eigenvalue weighted by Gasteiger charge is 2.12. The predicted molar refractivity (Wildman–Crippen MR) is 108 cm³/mol. The van der Waals surface area contributed by atoms with Crippen molar-refractivity contribution in [2.75, 3.05) is 27.3 Å². The first-order valence-corrected chi connectivity index (χ1v) is 10.0. The van der Waals surface area contributed by atoms with Crippen molar-refractivity contribution in [1.29, 1.82) is 0 Å². The molecule has 0 saturated heterocycles. The van der Waals surface area contributed by atoms with Gasteiger partial charge in [0.2, 0.25) is 0 Å². The van der Waals surface area contributed by atoms with Crippen LogP contribution in [0.5, 0.6) is 5.75 Å². The SMILES string of the molecule is CN=C(NCCCCCOC1CCCCC1)NCc1cccc(OC)c1. The van der Waals surface area contributed by atoms with Gasteiger partial charge >= 0.3 is 0 Å². The predicted octanol–water partition coefficient (Wildman–Crippen LogP) is 3.88. The first-order valence-electron chi connectivity index (χ1n) is 10.0. The largest absolute Gasteiger partial charge is 0.497 e. The molecule has 5 nitrogen and oxygen atoms in total. The number of rotatable bonds is 10. The van der Waals surface area contributed by atoms with Gasteiger partial charge in [0.1, 0.15) is 5.75 Å². The number of aliphatic imine (C=N–C) groups is 1. The number of methoxy groups -OCH3 is 1. The molecule has 1 aliphatic carbocycles. The molecule has 1 aromatic carbocycles. The molecule has 0 amide bonds. The van der Waals surface area contributed by atoms with Crippen LogP contribution in [-0.4, -0.2) is 39.4 Å². The summed E-state index contributed by atoms with van der Waals surface area (Å²) >= 11 is 0. The molecule has 26 heavy (non-hydrogen) atoms. The van der Waals surface area contributed by atoms with Gasteiger partial charge < -0.3 is 20.1 Å². The zero-order valence-electron chi connectivity index (χ0n) is 16.4. The fourth-order valence-corrected chi connectivity index (χ4v) is 3.28. The van der Waals surface area contributed by atoms with E-state index >= 15 is 0 Å². The number of hydrogen-bond acceptors (Lipinski definition) is 3. The van der Waals surface area contributed by atoms with Crippen molar-refractivity contribution in [3.63, 3.8) is 0 Å². The molecule has 2 rings (SSSR count). The van der Waals surface area contributed by atoms with Crippen LogP contribution in [0.4, 0.5) is 0 Å². The van der Waals surface area contributed by atoms with Crippen molar-refractivity contribution in [2.24, 2.45) is 4.99 Å². The molecular weight excluding hydrogens is 326 g/mol. The van der Waals surface area contributed by atoms with E-state index in [1.807, 2.05) is 18.2 Å². The van der Waals surface area contributed by atoms with Crippen molar-refractivity contribution in [1.82, 2.24) is 10.6 Å². The zero-order valence-corrected chi connectivity index (χ0v) is 16.4. The summed E-state index contributed by atoms with van der Waals surface area (Å²) in [5, 5.41) is 6.72. The Hall–Kier alpha value is -1.75. The normalized spacial score (nSPS) is 15.7. The number of benzene rings is 1. The highest BCUT2D eigenvalue weighted by Crippen LogP contribution is 2.20. The van der Waals surface area contributed by atoms with Crippen LogP contribution in [0.1, 0.15) is 56.9 Å². The second-order valence-corrected chi connectivity index (χ2v) is 6.90. The van der Waals surface area contributed by atoms with Gasteiger partial charge in [-0.15, -0.1) is 0 Å². The molecule has 0 atom stereocenters. The lowest BCUT2D eigenvalue weighted by molar-refractivity contribution is 0.0264. The van der Waals surface area contributed by atoms with Gasteiger partial charge in [0.15, 0.2) is 5.96 Å². The van der Waals surface area contributed by atoms with Gasteiger partial charge in [0.05, 0.1) is 13.2 Å². The molecule has 146 valence electrons. The van der Waals surface area contributed by atoms with Crippen molar-refractivity contribution >= 4 is 5.96 Å². The Morgan fingerprint density at radius 1 is 1.12 bits per heavy atom. The molecule has 0 aromatic heterocycles. The summed E-state index contributed by atoms with van der Waals surface area (Å²) in [6.07, 6.45) is 10.6. The summed E-state index contributed by atoms with van der Waals surface area (Å²) < 4.78 is 11.2. The average Bonchev–Trinajstić information content (AvgIpc) is 2.70. The third-order valence-electron chi connectivity index (χ3n) is 4.84. The van der Waals surface area contributed by atoms with Crippen LogP contribution < -0.4 is 15.4 Å². The van der Waals surface area contributed by atoms with Crippen LogP contribution in [0.3, 0.4) is 0 Å². The standard InChI is InChI=1S/C21H35N3O2/c1-22-21(24-17-18-10-9-13-20(16-18)25-2)23-14-7-4-8-15-26-19-11-5-3-6-12-19/h9-10,13,16,19H,3-8,11-12,14-15,17H2,1-2H3,(H2,22,23,24). The summed E-state index contributed by atoms with van der Waals surface area (Å²) in [6.45, 7) is 2.57. The summed E-state index contributed by atoms with van der Waals surface area (Å²) in [7, 11) is 3.49. The van der Waals surface area contributed by atoms with Crippen LogP contribution in [0.25, 0.3) is 0 Å². The number of nitrogens with zero attached hydrogens (tertiary/aromatic N) is 1. The first-order chi connectivity index (χ1) is 12.8. The lowest BCUT2D eigenvalue weighted by Crippen LogP contribution is -2.37. The van der Waals surface area contributed by atoms with Crippen molar-refractivity contribution in [3.8, 4) is 5.75 Å². The van der Waals surface area contributed by atoms with E-state index in [-0.39, 0.29) is 0 Å². The van der Waals surface area contributed by atoms with Crippen LogP contribution in [0.15, 0.2) is 29.3 Å². The first kappa shape index (κ1) is 20.6. The van der Waals surface area contributed by atoms with E-state index in [2.05, 4.69) is 21.7 Å². The van der Waals surface area contributed by atoms with Crippen molar-refractivity contribution in [3.05, 3.63) is 29.8 Å². The molecule has 0 unspecified atom stereocenters. The molecule has 1 aliphatic rings. The monoisotopic (exact) mass is 361 g/mol. The molecule has 2 N–H and O–H groups in total. The van der Waals surface area contributed by atoms with E-state index in [0.29, 0.717) is 6.10 Å². The van der Waals surface area contributed by atoms with Gasteiger partial charge in [-0.3, -0.25) is 4.99 Å². The quantitative estimate of drug-likeness (QED) is 0.377. The van der Waals surface area contributed by atoms with Crippen molar-refractivity contribution < 1.29 is 9.47 Å². The number of unbranched alkanes of at least 4 members (excludes halogenated alkanes) is 2. The molecule has 0 aliphatic heterocycles. The van der Waals surface area contributed by atoms with Crippen LogP contribution in [0, 0.1) is 0 Å². The highest BCUT2D eigenvalue weighted by atomic mass is 16.5. The van der Waals surface area contributed by atoms with E-state index in [1.165, 1.54) is 44.1 Å². The average molecular weight is 362 g/mol. The summed E-state index contributed by atoms with van der Waals surface area (Å²) in [6, 6.07) is 8.07. The Bertz CT molecular complexity index is 528. The molecule has 5 heteroatoms. The molecular formula is C21H35N3O2. The molecule has 1 aromatic rings. The maximum Gasteiger partial charge on any atom is 0.191 e. The van der Waals surface area contributed by atoms with Gasteiger partial charge in [0.25, 0.3) is 0 Å². The smallest absolute Gasteiger partial charge is 0.191 e. The number of hydrogen-bond donors (Lipinski definition) is 2. The molecule has 1 fully saturated rings. The fourth-order valence-electron chi connectivity index (χ4n) is 3.28. The van der Waals surface area contributed by atoms with Gasteiger partial charge in [-0.1, -0.05) is 31.4 Å². The van der Waals surface area contributed by atoms with E-state index < -0.39 is 0 Å². The zero-order chi connectivity index (χ0) is 18.5. The minimum atomic E-state index is 0.529. The van der Waals surface area contributed by atoms with Gasteiger partial charge in [-0.2, -0.15) is 0 Å². The minimum absolute atomic E-state index is 0.529. The second-order valence-electron chi connectivity index (χ2n) is 6.90. The van der Waals surface area contributed by atoms with E-state index in [1.54, 1.807) is 14.2 Å². The topological polar surface area (TPSA) is 54.9 Å². The van der Waals surface area contributed by atoms with Crippen molar-refractivity contribution in [2.45, 2.75) is 64.0 Å². The highest BCUT2D eigenvalue weighted by molar-refractivity contribution is 5.79. The lowest BCUT2D eigenvalue weighted by atomic mass is 9.98. The summed E-state index contributed by atoms with van der Waals surface area (Å²) in [5.41, 5.74) is 1.17. The van der Waals surface area contributed by atoms with Crippen LogP contribution in [0.2, 0.25) is 0 Å². The maximum atomic E-state index is 5.97. The Kier molecular flexibility index (Phi) is 9.95. The summed E-state index contributed by atoms with van der Waals surface area (Å²) in [4.78, 5) is 4.28. The summed E-state index contributed by atoms with van der Waals surface area (Å²) in [5.74, 6) is 1.72. The fraction of sp³-hybridized carbons (Fsp3) is 0.667. The van der Waals surface area contributed by atoms with Gasteiger partial charge in [0, 0.05) is 26.7 Å². The molecule has 0 bridgehead atoms. The van der Waals surface area contributed by atoms with Crippen LogP contribution >= 0.6 is 0 Å². The van der Waals surface area contributed by atoms with E-state index in [9.17, 15) is 0 Å². The Morgan fingerprint density at radius 2 is 1.96 bits per heavy atom. The van der Waals surface area contributed by atoms with Gasteiger partial charge in [-0.05, 0) is 49.8 Å². The molecule has 0 heterocycles.